The molecular weight excluding hydrogens is 779 g/mol. The van der Waals surface area contributed by atoms with E-state index in [1.807, 2.05) is 69.2 Å². The third-order valence-electron chi connectivity index (χ3n) is 11.6. The quantitative estimate of drug-likeness (QED) is 0.0834. The molecule has 16 nitrogen and oxygen atoms in total. The third kappa shape index (κ3) is 8.94. The largest absolute Gasteiger partial charge is 0.352 e. The Balaban J connectivity index is 0.854. The number of hydrogen-bond donors (Lipinski definition) is 5. The van der Waals surface area contributed by atoms with Crippen LogP contribution in [0.15, 0.2) is 72.8 Å². The Kier molecular flexibility index (Phi) is 12.4. The smallest absolute Gasteiger partial charge is 0.319 e. The van der Waals surface area contributed by atoms with Gasteiger partial charge in [0, 0.05) is 36.2 Å². The van der Waals surface area contributed by atoms with E-state index in [1.165, 1.54) is 0 Å². The standard InChI is InChI=1S/C45H51N9O7/c1-45(2)37-32(25-53(45)44(61)47-33(26-52(3)4)27-13-9-7-10-14-27)38(51-50-37)49-40(57)30-20-18-29(19-21-30)39(56)46-24-11-6-5-8-15-28-16-12-17-31-36(28)43(60)54(42(31)59)34-22-23-35(55)48-41(34)58/h7,9-10,12-14,16-21,33-34H,5-6,8,11,15,22-26H2,1-4H3,(H,46,56)(H,47,61)(H,48,55,58)(H2,49,50,51,57)/t33-,34?/m1/s1. The molecule has 1 unspecified atom stereocenters. The summed E-state index contributed by atoms with van der Waals surface area (Å²) in [6, 6.07) is 19.9. The molecule has 0 saturated carbocycles. The SMILES string of the molecule is CN(C)C[C@@H](NC(=O)N1Cc2c(NC(=O)c3ccc(C(=O)NCCCCCCc4cccc5c4C(=O)N(C4CCC(=O)NC4=O)C5=O)cc3)n[nH]c2C1(C)C)c1ccccc1. The van der Waals surface area contributed by atoms with Crippen LogP contribution in [0.3, 0.4) is 0 Å². The topological polar surface area (TPSA) is 206 Å². The van der Waals surface area contributed by atoms with E-state index in [0.717, 1.165) is 53.0 Å². The molecule has 0 radical (unpaired) electrons. The number of rotatable bonds is 15. The van der Waals surface area contributed by atoms with Gasteiger partial charge in [0.05, 0.1) is 34.9 Å². The lowest BCUT2D eigenvalue weighted by molar-refractivity contribution is -0.136. The Bertz CT molecular complexity index is 2360. The van der Waals surface area contributed by atoms with Crippen LogP contribution in [0, 0.1) is 0 Å². The second-order valence-electron chi connectivity index (χ2n) is 16.5. The Morgan fingerprint density at radius 3 is 2.28 bits per heavy atom. The Morgan fingerprint density at radius 2 is 1.57 bits per heavy atom. The molecule has 2 atom stereocenters. The number of carbonyl (C=O) groups is 7. The number of piperidine rings is 1. The predicted octanol–water partition coefficient (Wildman–Crippen LogP) is 4.66. The first-order valence-electron chi connectivity index (χ1n) is 20.6. The van der Waals surface area contributed by atoms with Crippen molar-refractivity contribution in [3.63, 3.8) is 0 Å². The number of aromatic nitrogens is 2. The molecule has 8 amide bonds. The maximum atomic E-state index is 13.7. The molecule has 3 aliphatic heterocycles. The lowest BCUT2D eigenvalue weighted by Gasteiger charge is -2.34. The Hall–Kier alpha value is -6.68. The predicted molar refractivity (Wildman–Crippen MR) is 225 cm³/mol. The van der Waals surface area contributed by atoms with Crippen molar-refractivity contribution in [2.75, 3.05) is 32.5 Å². The highest BCUT2D eigenvalue weighted by molar-refractivity contribution is 6.24. The maximum Gasteiger partial charge on any atom is 0.319 e. The number of carbonyl (C=O) groups excluding carboxylic acids is 7. The molecule has 1 fully saturated rings. The molecule has 16 heteroatoms. The number of nitrogens with zero attached hydrogens (tertiary/aromatic N) is 4. The summed E-state index contributed by atoms with van der Waals surface area (Å²) in [6.07, 6.45) is 3.88. The van der Waals surface area contributed by atoms with Crippen molar-refractivity contribution >= 4 is 47.3 Å². The molecule has 0 aliphatic carbocycles. The zero-order valence-electron chi connectivity index (χ0n) is 34.8. The summed E-state index contributed by atoms with van der Waals surface area (Å²) < 4.78 is 0. The first-order valence-corrected chi connectivity index (χ1v) is 20.6. The lowest BCUT2D eigenvalue weighted by atomic mass is 9.97. The minimum atomic E-state index is -1.00. The van der Waals surface area contributed by atoms with Gasteiger partial charge in [-0.1, -0.05) is 55.3 Å². The first-order chi connectivity index (χ1) is 29.2. The highest BCUT2D eigenvalue weighted by Gasteiger charge is 2.46. The summed E-state index contributed by atoms with van der Waals surface area (Å²) in [4.78, 5) is 95.2. The molecule has 0 spiro atoms. The summed E-state index contributed by atoms with van der Waals surface area (Å²) in [6.45, 7) is 5.18. The number of H-pyrrole nitrogens is 1. The number of benzene rings is 3. The van der Waals surface area contributed by atoms with Gasteiger partial charge in [-0.15, -0.1) is 0 Å². The van der Waals surface area contributed by atoms with Gasteiger partial charge in [0.25, 0.3) is 23.6 Å². The van der Waals surface area contributed by atoms with E-state index in [-0.39, 0.29) is 42.9 Å². The van der Waals surface area contributed by atoms with Crippen LogP contribution in [0.4, 0.5) is 10.6 Å². The van der Waals surface area contributed by atoms with Crippen molar-refractivity contribution in [2.45, 2.75) is 83.0 Å². The average molecular weight is 830 g/mol. The van der Waals surface area contributed by atoms with Crippen LogP contribution in [-0.2, 0) is 28.1 Å². The zero-order chi connectivity index (χ0) is 43.4. The Morgan fingerprint density at radius 1 is 0.869 bits per heavy atom. The van der Waals surface area contributed by atoms with E-state index in [2.05, 4.69) is 31.5 Å². The fourth-order valence-corrected chi connectivity index (χ4v) is 8.30. The summed E-state index contributed by atoms with van der Waals surface area (Å²) in [5.74, 6) is -2.40. The molecule has 5 N–H and O–H groups in total. The van der Waals surface area contributed by atoms with Gasteiger partial charge in [-0.2, -0.15) is 5.10 Å². The average Bonchev–Trinajstić information content (AvgIpc) is 3.85. The molecule has 61 heavy (non-hydrogen) atoms. The summed E-state index contributed by atoms with van der Waals surface area (Å²) in [5, 5.41) is 18.6. The minimum Gasteiger partial charge on any atom is -0.352 e. The van der Waals surface area contributed by atoms with Crippen LogP contribution < -0.4 is 21.3 Å². The number of urea groups is 1. The number of unbranched alkanes of at least 4 members (excludes halogenated alkanes) is 3. The van der Waals surface area contributed by atoms with Crippen molar-refractivity contribution in [1.82, 2.24) is 40.8 Å². The van der Waals surface area contributed by atoms with Crippen molar-refractivity contribution in [3.05, 3.63) is 117 Å². The van der Waals surface area contributed by atoms with Gasteiger partial charge in [0.15, 0.2) is 5.82 Å². The normalized spacial score (nSPS) is 17.2. The number of aromatic amines is 1. The lowest BCUT2D eigenvalue weighted by Crippen LogP contribution is -2.54. The van der Waals surface area contributed by atoms with Crippen LogP contribution in [0.2, 0.25) is 0 Å². The van der Waals surface area contributed by atoms with Gasteiger partial charge in [-0.3, -0.25) is 44.1 Å². The molecule has 4 heterocycles. The number of amides is 8. The molecule has 0 bridgehead atoms. The highest BCUT2D eigenvalue weighted by Crippen LogP contribution is 2.41. The number of fused-ring (bicyclic) bond motifs is 2. The molecule has 3 aromatic carbocycles. The molecule has 4 aromatic rings. The van der Waals surface area contributed by atoms with E-state index in [9.17, 15) is 33.6 Å². The number of imide groups is 2. The number of aryl methyl sites for hydroxylation is 1. The van der Waals surface area contributed by atoms with Gasteiger partial charge >= 0.3 is 6.03 Å². The van der Waals surface area contributed by atoms with Crippen LogP contribution >= 0.6 is 0 Å². The van der Waals surface area contributed by atoms with E-state index < -0.39 is 41.1 Å². The summed E-state index contributed by atoms with van der Waals surface area (Å²) >= 11 is 0. The van der Waals surface area contributed by atoms with Crippen LogP contribution in [0.5, 0.6) is 0 Å². The highest BCUT2D eigenvalue weighted by atomic mass is 16.2. The van der Waals surface area contributed by atoms with Crippen LogP contribution in [0.1, 0.15) is 122 Å². The summed E-state index contributed by atoms with van der Waals surface area (Å²) in [7, 11) is 3.92. The second-order valence-corrected chi connectivity index (χ2v) is 16.5. The summed E-state index contributed by atoms with van der Waals surface area (Å²) in [5.41, 5.74) is 3.83. The fraction of sp³-hybridized carbons (Fsp3) is 0.378. The second kappa shape index (κ2) is 17.9. The molecular formula is C45H51N9O7. The maximum absolute atomic E-state index is 13.7. The third-order valence-corrected chi connectivity index (χ3v) is 11.6. The van der Waals surface area contributed by atoms with Crippen molar-refractivity contribution in [2.24, 2.45) is 0 Å². The number of likely N-dealkylation sites (N-methyl/N-ethyl adjacent to an activating group) is 1. The van der Waals surface area contributed by atoms with Crippen LogP contribution in [0.25, 0.3) is 0 Å². The molecule has 318 valence electrons. The first kappa shape index (κ1) is 42.4. The van der Waals surface area contributed by atoms with Gasteiger partial charge in [-0.05, 0) is 95.1 Å². The molecule has 1 saturated heterocycles. The minimum absolute atomic E-state index is 0.0647. The van der Waals surface area contributed by atoms with E-state index in [0.29, 0.717) is 42.0 Å². The van der Waals surface area contributed by atoms with Gasteiger partial charge in [-0.25, -0.2) is 4.79 Å². The molecule has 7 rings (SSSR count). The fourth-order valence-electron chi connectivity index (χ4n) is 8.30. The molecule has 3 aliphatic rings. The van der Waals surface area contributed by atoms with E-state index in [1.54, 1.807) is 41.3 Å². The van der Waals surface area contributed by atoms with Gasteiger partial charge in [0.1, 0.15) is 6.04 Å². The van der Waals surface area contributed by atoms with Crippen molar-refractivity contribution in [1.29, 1.82) is 0 Å². The number of anilines is 1. The van der Waals surface area contributed by atoms with Crippen LogP contribution in [-0.4, -0.2) is 99.6 Å². The molecule has 1 aromatic heterocycles. The monoisotopic (exact) mass is 829 g/mol. The number of hydrogen-bond acceptors (Lipinski definition) is 9. The number of nitrogens with one attached hydrogen (secondary N) is 5. The zero-order valence-corrected chi connectivity index (χ0v) is 34.8. The van der Waals surface area contributed by atoms with E-state index in [4.69, 9.17) is 0 Å². The van der Waals surface area contributed by atoms with E-state index >= 15 is 0 Å². The van der Waals surface area contributed by atoms with Crippen molar-refractivity contribution in [3.8, 4) is 0 Å². The van der Waals surface area contributed by atoms with Gasteiger partial charge < -0.3 is 25.8 Å². The Labute approximate surface area is 353 Å². The van der Waals surface area contributed by atoms with Crippen molar-refractivity contribution < 1.29 is 33.6 Å². The van der Waals surface area contributed by atoms with Gasteiger partial charge in [0.2, 0.25) is 11.8 Å².